The SMILES string of the molecule is O=C(NCc1c(F)cccc1F)C1CCn2ccnc2C1. The first-order valence-corrected chi connectivity index (χ1v) is 6.86. The summed E-state index contributed by atoms with van der Waals surface area (Å²) >= 11 is 0. The standard InChI is InChI=1S/C15H15F2N3O/c16-12-2-1-3-13(17)11(12)9-19-15(21)10-4-6-20-7-5-18-14(20)8-10/h1-3,5,7,10H,4,6,8-9H2,(H,19,21). The van der Waals surface area contributed by atoms with Crippen molar-refractivity contribution in [3.8, 4) is 0 Å². The van der Waals surface area contributed by atoms with Crippen LogP contribution < -0.4 is 5.32 Å². The first kappa shape index (κ1) is 13.7. The summed E-state index contributed by atoms with van der Waals surface area (Å²) in [6, 6.07) is 3.67. The van der Waals surface area contributed by atoms with Gasteiger partial charge in [-0.05, 0) is 18.6 Å². The van der Waals surface area contributed by atoms with E-state index >= 15 is 0 Å². The molecule has 2 aromatic rings. The van der Waals surface area contributed by atoms with Gasteiger partial charge in [0.25, 0.3) is 0 Å². The van der Waals surface area contributed by atoms with E-state index in [0.717, 1.165) is 12.4 Å². The van der Waals surface area contributed by atoms with Crippen LogP contribution in [0.2, 0.25) is 0 Å². The second kappa shape index (κ2) is 5.63. The number of halogens is 2. The zero-order chi connectivity index (χ0) is 14.8. The third-order valence-corrected chi connectivity index (χ3v) is 3.82. The molecule has 0 saturated carbocycles. The van der Waals surface area contributed by atoms with Gasteiger partial charge in [-0.25, -0.2) is 13.8 Å². The van der Waals surface area contributed by atoms with Crippen LogP contribution in [0.1, 0.15) is 17.8 Å². The van der Waals surface area contributed by atoms with E-state index in [-0.39, 0.29) is 23.9 Å². The van der Waals surface area contributed by atoms with Crippen molar-refractivity contribution in [2.45, 2.75) is 25.9 Å². The van der Waals surface area contributed by atoms with Gasteiger partial charge in [0.2, 0.25) is 5.91 Å². The Morgan fingerprint density at radius 2 is 2.14 bits per heavy atom. The van der Waals surface area contributed by atoms with E-state index in [1.807, 2.05) is 10.8 Å². The molecule has 3 rings (SSSR count). The van der Waals surface area contributed by atoms with Gasteiger partial charge in [-0.1, -0.05) is 6.07 Å². The number of aromatic nitrogens is 2. The molecule has 1 N–H and O–H groups in total. The summed E-state index contributed by atoms with van der Waals surface area (Å²) in [5.41, 5.74) is -0.108. The highest BCUT2D eigenvalue weighted by Crippen LogP contribution is 2.19. The van der Waals surface area contributed by atoms with Crippen molar-refractivity contribution in [3.05, 3.63) is 53.6 Å². The zero-order valence-electron chi connectivity index (χ0n) is 11.4. The first-order valence-electron chi connectivity index (χ1n) is 6.86. The number of hydrogen-bond donors (Lipinski definition) is 1. The van der Waals surface area contributed by atoms with Crippen LogP contribution in [0.3, 0.4) is 0 Å². The Kier molecular flexibility index (Phi) is 3.68. The van der Waals surface area contributed by atoms with Crippen LogP contribution in [0.15, 0.2) is 30.6 Å². The van der Waals surface area contributed by atoms with Gasteiger partial charge in [0.1, 0.15) is 17.5 Å². The van der Waals surface area contributed by atoms with E-state index in [9.17, 15) is 13.6 Å². The largest absolute Gasteiger partial charge is 0.352 e. The minimum atomic E-state index is -0.644. The summed E-state index contributed by atoms with van der Waals surface area (Å²) in [6.45, 7) is 0.601. The number of carbonyl (C=O) groups excluding carboxylic acids is 1. The number of aryl methyl sites for hydroxylation is 1. The van der Waals surface area contributed by atoms with Crippen molar-refractivity contribution in [2.75, 3.05) is 0 Å². The maximum Gasteiger partial charge on any atom is 0.223 e. The molecule has 1 aliphatic rings. The van der Waals surface area contributed by atoms with Crippen molar-refractivity contribution >= 4 is 5.91 Å². The summed E-state index contributed by atoms with van der Waals surface area (Å²) in [4.78, 5) is 16.3. The Morgan fingerprint density at radius 3 is 2.90 bits per heavy atom. The fourth-order valence-corrected chi connectivity index (χ4v) is 2.60. The number of amides is 1. The van der Waals surface area contributed by atoms with Crippen LogP contribution in [-0.2, 0) is 24.3 Å². The zero-order valence-corrected chi connectivity index (χ0v) is 11.4. The fraction of sp³-hybridized carbons (Fsp3) is 0.333. The van der Waals surface area contributed by atoms with Crippen molar-refractivity contribution in [3.63, 3.8) is 0 Å². The predicted octanol–water partition coefficient (Wildman–Crippen LogP) is 2.04. The highest BCUT2D eigenvalue weighted by molar-refractivity contribution is 5.79. The first-order chi connectivity index (χ1) is 10.1. The van der Waals surface area contributed by atoms with Crippen LogP contribution in [-0.4, -0.2) is 15.5 Å². The maximum atomic E-state index is 13.5. The van der Waals surface area contributed by atoms with Crippen LogP contribution in [0, 0.1) is 17.6 Å². The average molecular weight is 291 g/mol. The maximum absolute atomic E-state index is 13.5. The number of carbonyl (C=O) groups is 1. The second-order valence-corrected chi connectivity index (χ2v) is 5.14. The minimum absolute atomic E-state index is 0.108. The number of nitrogens with one attached hydrogen (secondary N) is 1. The Hall–Kier alpha value is -2.24. The van der Waals surface area contributed by atoms with Crippen molar-refractivity contribution in [1.82, 2.24) is 14.9 Å². The van der Waals surface area contributed by atoms with Gasteiger partial charge in [0.05, 0.1) is 0 Å². The lowest BCUT2D eigenvalue weighted by Crippen LogP contribution is -2.35. The molecule has 110 valence electrons. The van der Waals surface area contributed by atoms with Gasteiger partial charge in [0, 0.05) is 43.4 Å². The third kappa shape index (κ3) is 2.79. The van der Waals surface area contributed by atoms with E-state index in [2.05, 4.69) is 10.3 Å². The number of rotatable bonds is 3. The number of fused-ring (bicyclic) bond motifs is 1. The van der Waals surface area contributed by atoms with Gasteiger partial charge in [-0.3, -0.25) is 4.79 Å². The molecule has 1 aliphatic heterocycles. The van der Waals surface area contributed by atoms with Gasteiger partial charge in [-0.2, -0.15) is 0 Å². The van der Waals surface area contributed by atoms with E-state index in [0.29, 0.717) is 12.8 Å². The number of imidazole rings is 1. The topological polar surface area (TPSA) is 46.9 Å². The molecule has 0 radical (unpaired) electrons. The molecule has 6 heteroatoms. The van der Waals surface area contributed by atoms with Crippen molar-refractivity contribution in [2.24, 2.45) is 5.92 Å². The molecule has 0 fully saturated rings. The van der Waals surface area contributed by atoms with E-state index in [1.165, 1.54) is 18.2 Å². The van der Waals surface area contributed by atoms with Crippen LogP contribution >= 0.6 is 0 Å². The van der Waals surface area contributed by atoms with Crippen LogP contribution in [0.4, 0.5) is 8.78 Å². The van der Waals surface area contributed by atoms with Gasteiger partial charge < -0.3 is 9.88 Å². The molecule has 1 amide bonds. The summed E-state index contributed by atoms with van der Waals surface area (Å²) in [5.74, 6) is -0.802. The molecule has 1 aromatic carbocycles. The lowest BCUT2D eigenvalue weighted by Gasteiger charge is -2.22. The number of benzene rings is 1. The van der Waals surface area contributed by atoms with Gasteiger partial charge >= 0.3 is 0 Å². The van der Waals surface area contributed by atoms with E-state index < -0.39 is 11.6 Å². The molecule has 0 saturated heterocycles. The highest BCUT2D eigenvalue weighted by atomic mass is 19.1. The third-order valence-electron chi connectivity index (χ3n) is 3.82. The molecular formula is C15H15F2N3O. The highest BCUT2D eigenvalue weighted by Gasteiger charge is 2.25. The molecule has 1 atom stereocenters. The normalized spacial score (nSPS) is 17.3. The lowest BCUT2D eigenvalue weighted by atomic mass is 9.97. The lowest BCUT2D eigenvalue weighted by molar-refractivity contribution is -0.125. The van der Waals surface area contributed by atoms with E-state index in [4.69, 9.17) is 0 Å². The minimum Gasteiger partial charge on any atom is -0.352 e. The van der Waals surface area contributed by atoms with Crippen LogP contribution in [0.5, 0.6) is 0 Å². The summed E-state index contributed by atoms with van der Waals surface area (Å²) in [5, 5.41) is 2.62. The quantitative estimate of drug-likeness (QED) is 0.940. The molecule has 0 spiro atoms. The molecular weight excluding hydrogens is 276 g/mol. The summed E-state index contributed by atoms with van der Waals surface area (Å²) in [7, 11) is 0. The van der Waals surface area contributed by atoms with Crippen LogP contribution in [0.25, 0.3) is 0 Å². The Morgan fingerprint density at radius 1 is 1.38 bits per heavy atom. The number of nitrogens with zero attached hydrogens (tertiary/aromatic N) is 2. The predicted molar refractivity (Wildman–Crippen MR) is 72.2 cm³/mol. The molecule has 0 aliphatic carbocycles. The molecule has 0 bridgehead atoms. The second-order valence-electron chi connectivity index (χ2n) is 5.14. The number of hydrogen-bond acceptors (Lipinski definition) is 2. The monoisotopic (exact) mass is 291 g/mol. The van der Waals surface area contributed by atoms with Crippen molar-refractivity contribution in [1.29, 1.82) is 0 Å². The molecule has 21 heavy (non-hydrogen) atoms. The summed E-state index contributed by atoms with van der Waals surface area (Å²) < 4.78 is 29.0. The molecule has 4 nitrogen and oxygen atoms in total. The Balaban J connectivity index is 1.63. The molecule has 1 unspecified atom stereocenters. The van der Waals surface area contributed by atoms with Crippen molar-refractivity contribution < 1.29 is 13.6 Å². The average Bonchev–Trinajstić information content (AvgIpc) is 2.93. The summed E-state index contributed by atoms with van der Waals surface area (Å²) in [6.07, 6.45) is 4.86. The molecule has 2 heterocycles. The fourth-order valence-electron chi connectivity index (χ4n) is 2.60. The Bertz CT molecular complexity index is 648. The van der Waals surface area contributed by atoms with E-state index in [1.54, 1.807) is 6.20 Å². The molecule has 1 aromatic heterocycles. The van der Waals surface area contributed by atoms with Gasteiger partial charge in [-0.15, -0.1) is 0 Å². The Labute approximate surface area is 120 Å². The van der Waals surface area contributed by atoms with Gasteiger partial charge in [0.15, 0.2) is 0 Å². The smallest absolute Gasteiger partial charge is 0.223 e.